The van der Waals surface area contributed by atoms with Gasteiger partial charge in [0.05, 0.1) is 12.1 Å². The van der Waals surface area contributed by atoms with Crippen molar-refractivity contribution in [1.29, 1.82) is 0 Å². The van der Waals surface area contributed by atoms with Gasteiger partial charge in [0.25, 0.3) is 0 Å². The number of hydrogen-bond donors (Lipinski definition) is 3. The molecule has 0 aromatic heterocycles. The third kappa shape index (κ3) is 4.38. The molecule has 0 saturated heterocycles. The van der Waals surface area contributed by atoms with E-state index in [1.54, 1.807) is 13.8 Å². The minimum atomic E-state index is -0.590. The summed E-state index contributed by atoms with van der Waals surface area (Å²) in [6.07, 6.45) is 1.28. The van der Waals surface area contributed by atoms with Crippen molar-refractivity contribution in [2.24, 2.45) is 0 Å². The highest BCUT2D eigenvalue weighted by atomic mass is 16.3. The van der Waals surface area contributed by atoms with Gasteiger partial charge in [0.2, 0.25) is 0 Å². The smallest absolute Gasteiger partial charge is 0.319 e. The van der Waals surface area contributed by atoms with Gasteiger partial charge < -0.3 is 15.7 Å². The molecule has 64 valence electrons. The van der Waals surface area contributed by atoms with Crippen LogP contribution >= 0.6 is 0 Å². The fraction of sp³-hybridized carbons (Fsp3) is 0.571. The van der Waals surface area contributed by atoms with E-state index in [1.807, 2.05) is 0 Å². The molecular weight excluding hydrogens is 144 g/mol. The molecular formula is C7H14N2O2. The van der Waals surface area contributed by atoms with Crippen LogP contribution in [0, 0.1) is 0 Å². The maximum Gasteiger partial charge on any atom is 0.319 e. The summed E-state index contributed by atoms with van der Waals surface area (Å²) in [4.78, 5) is 10.8. The van der Waals surface area contributed by atoms with Crippen molar-refractivity contribution in [2.75, 3.05) is 6.61 Å². The van der Waals surface area contributed by atoms with Gasteiger partial charge in [-0.05, 0) is 20.0 Å². The van der Waals surface area contributed by atoms with Gasteiger partial charge in [-0.1, -0.05) is 6.58 Å². The van der Waals surface area contributed by atoms with E-state index in [1.165, 1.54) is 6.20 Å². The number of urea groups is 1. The van der Waals surface area contributed by atoms with Crippen LogP contribution in [-0.2, 0) is 0 Å². The molecule has 0 atom stereocenters. The van der Waals surface area contributed by atoms with Crippen LogP contribution in [0.3, 0.4) is 0 Å². The van der Waals surface area contributed by atoms with Gasteiger partial charge in [0.15, 0.2) is 0 Å². The van der Waals surface area contributed by atoms with Crippen molar-refractivity contribution in [1.82, 2.24) is 10.6 Å². The largest absolute Gasteiger partial charge is 0.394 e. The van der Waals surface area contributed by atoms with Crippen LogP contribution in [0.1, 0.15) is 13.8 Å². The summed E-state index contributed by atoms with van der Waals surface area (Å²) >= 11 is 0. The zero-order valence-electron chi connectivity index (χ0n) is 6.85. The van der Waals surface area contributed by atoms with Crippen molar-refractivity contribution < 1.29 is 9.90 Å². The molecule has 4 heteroatoms. The molecule has 0 aromatic carbocycles. The number of aliphatic hydroxyl groups excluding tert-OH is 1. The molecule has 0 aliphatic heterocycles. The van der Waals surface area contributed by atoms with Crippen LogP contribution in [0.2, 0.25) is 0 Å². The Labute approximate surface area is 66.3 Å². The molecule has 0 unspecified atom stereocenters. The lowest BCUT2D eigenvalue weighted by Gasteiger charge is -2.22. The lowest BCUT2D eigenvalue weighted by Crippen LogP contribution is -2.49. The maximum atomic E-state index is 10.8. The standard InChI is InChI=1S/C7H14N2O2/c1-4-8-6(11)9-7(2,3)5-10/h4,10H,1,5H2,2-3H3,(H2,8,9,11). The highest BCUT2D eigenvalue weighted by Gasteiger charge is 2.17. The van der Waals surface area contributed by atoms with Gasteiger partial charge in [0.1, 0.15) is 0 Å². The van der Waals surface area contributed by atoms with Crippen LogP contribution in [0.4, 0.5) is 4.79 Å². The van der Waals surface area contributed by atoms with E-state index in [9.17, 15) is 4.79 Å². The third-order valence-electron chi connectivity index (χ3n) is 1.08. The molecule has 0 radical (unpaired) electrons. The first kappa shape index (κ1) is 9.97. The Bertz CT molecular complexity index is 155. The van der Waals surface area contributed by atoms with Gasteiger partial charge in [-0.25, -0.2) is 4.79 Å². The normalized spacial score (nSPS) is 10.5. The summed E-state index contributed by atoms with van der Waals surface area (Å²) in [5, 5.41) is 13.6. The first-order valence-corrected chi connectivity index (χ1v) is 3.32. The van der Waals surface area contributed by atoms with Crippen molar-refractivity contribution >= 4 is 6.03 Å². The van der Waals surface area contributed by atoms with Crippen LogP contribution < -0.4 is 10.6 Å². The molecule has 0 aliphatic rings. The Morgan fingerprint density at radius 1 is 1.73 bits per heavy atom. The van der Waals surface area contributed by atoms with E-state index in [0.717, 1.165) is 0 Å². The Hall–Kier alpha value is -1.03. The molecule has 0 bridgehead atoms. The van der Waals surface area contributed by atoms with Gasteiger partial charge in [-0.2, -0.15) is 0 Å². The quantitative estimate of drug-likeness (QED) is 0.549. The molecule has 0 heterocycles. The second-order valence-electron chi connectivity index (χ2n) is 2.84. The minimum Gasteiger partial charge on any atom is -0.394 e. The number of amides is 2. The first-order chi connectivity index (χ1) is 5.02. The SMILES string of the molecule is C=CNC(=O)NC(C)(C)CO. The topological polar surface area (TPSA) is 61.4 Å². The van der Waals surface area contributed by atoms with Crippen molar-refractivity contribution in [2.45, 2.75) is 19.4 Å². The van der Waals surface area contributed by atoms with Crippen LogP contribution in [-0.4, -0.2) is 23.3 Å². The predicted molar refractivity (Wildman–Crippen MR) is 43.0 cm³/mol. The highest BCUT2D eigenvalue weighted by molar-refractivity contribution is 5.75. The third-order valence-corrected chi connectivity index (χ3v) is 1.08. The average Bonchev–Trinajstić information content (AvgIpc) is 1.87. The summed E-state index contributed by atoms with van der Waals surface area (Å²) in [6.45, 7) is 6.66. The lowest BCUT2D eigenvalue weighted by molar-refractivity contribution is 0.183. The Morgan fingerprint density at radius 2 is 2.27 bits per heavy atom. The van der Waals surface area contributed by atoms with E-state index in [-0.39, 0.29) is 12.6 Å². The molecule has 0 fully saturated rings. The first-order valence-electron chi connectivity index (χ1n) is 3.32. The van der Waals surface area contributed by atoms with Crippen LogP contribution in [0.25, 0.3) is 0 Å². The number of aliphatic hydroxyl groups is 1. The Kier molecular flexibility index (Phi) is 3.60. The molecule has 0 rings (SSSR count). The van der Waals surface area contributed by atoms with Crippen molar-refractivity contribution in [3.05, 3.63) is 12.8 Å². The second kappa shape index (κ2) is 3.98. The van der Waals surface area contributed by atoms with Crippen LogP contribution in [0.15, 0.2) is 12.8 Å². The van der Waals surface area contributed by atoms with Crippen molar-refractivity contribution in [3.63, 3.8) is 0 Å². The van der Waals surface area contributed by atoms with Gasteiger partial charge in [0, 0.05) is 0 Å². The van der Waals surface area contributed by atoms with E-state index in [2.05, 4.69) is 17.2 Å². The second-order valence-corrected chi connectivity index (χ2v) is 2.84. The van der Waals surface area contributed by atoms with Gasteiger partial charge in [-0.15, -0.1) is 0 Å². The molecule has 4 nitrogen and oxygen atoms in total. The lowest BCUT2D eigenvalue weighted by atomic mass is 10.1. The zero-order chi connectivity index (χ0) is 8.91. The Morgan fingerprint density at radius 3 is 2.64 bits per heavy atom. The number of carbonyl (C=O) groups excluding carboxylic acids is 1. The van der Waals surface area contributed by atoms with Crippen molar-refractivity contribution in [3.8, 4) is 0 Å². The Balaban J connectivity index is 3.82. The summed E-state index contributed by atoms with van der Waals surface area (Å²) in [5.41, 5.74) is -0.590. The van der Waals surface area contributed by atoms with E-state index >= 15 is 0 Å². The maximum absolute atomic E-state index is 10.8. The molecule has 0 spiro atoms. The van der Waals surface area contributed by atoms with Gasteiger partial charge in [-0.3, -0.25) is 0 Å². The molecule has 2 amide bonds. The molecule has 3 N–H and O–H groups in total. The number of rotatable bonds is 3. The fourth-order valence-electron chi connectivity index (χ4n) is 0.476. The molecule has 0 aliphatic carbocycles. The van der Waals surface area contributed by atoms with E-state index < -0.39 is 5.54 Å². The van der Waals surface area contributed by atoms with Crippen LogP contribution in [0.5, 0.6) is 0 Å². The van der Waals surface area contributed by atoms with Gasteiger partial charge >= 0.3 is 6.03 Å². The summed E-state index contributed by atoms with van der Waals surface area (Å²) in [6, 6.07) is -0.362. The summed E-state index contributed by atoms with van der Waals surface area (Å²) in [7, 11) is 0. The monoisotopic (exact) mass is 158 g/mol. The number of nitrogens with one attached hydrogen (secondary N) is 2. The number of hydrogen-bond acceptors (Lipinski definition) is 2. The minimum absolute atomic E-state index is 0.0996. The molecule has 0 aromatic rings. The molecule has 11 heavy (non-hydrogen) atoms. The molecule has 0 saturated carbocycles. The summed E-state index contributed by atoms with van der Waals surface area (Å²) in [5.74, 6) is 0. The number of carbonyl (C=O) groups is 1. The zero-order valence-corrected chi connectivity index (χ0v) is 6.85. The highest BCUT2D eigenvalue weighted by Crippen LogP contribution is 1.98. The van der Waals surface area contributed by atoms with E-state index in [0.29, 0.717) is 0 Å². The fourth-order valence-corrected chi connectivity index (χ4v) is 0.476. The predicted octanol–water partition coefficient (Wildman–Crippen LogP) is 0.200. The van der Waals surface area contributed by atoms with E-state index in [4.69, 9.17) is 5.11 Å². The average molecular weight is 158 g/mol. The summed E-state index contributed by atoms with van der Waals surface area (Å²) < 4.78 is 0.